The molecule has 130 valence electrons. The molecule has 1 aromatic carbocycles. The maximum atomic E-state index is 12.1. The minimum Gasteiger partial charge on any atom is -0.481 e. The molecule has 0 spiro atoms. The number of carboxylic acid groups (broad SMARTS) is 1. The number of benzene rings is 1. The highest BCUT2D eigenvalue weighted by Crippen LogP contribution is 2.19. The molecule has 0 radical (unpaired) electrons. The summed E-state index contributed by atoms with van der Waals surface area (Å²) < 4.78 is 0. The average molecular weight is 335 g/mol. The molecule has 7 N–H and O–H groups in total. The molecule has 1 aromatic rings. The van der Waals surface area contributed by atoms with Crippen molar-refractivity contribution in [2.24, 2.45) is 16.5 Å². The number of nitrogens with two attached hydrogens (primary N) is 2. The first-order valence-electron chi connectivity index (χ1n) is 7.18. The van der Waals surface area contributed by atoms with Gasteiger partial charge in [0, 0.05) is 11.6 Å². The lowest BCUT2D eigenvalue weighted by atomic mass is 10.1. The van der Waals surface area contributed by atoms with E-state index in [1.165, 1.54) is 6.07 Å². The van der Waals surface area contributed by atoms with Gasteiger partial charge in [-0.05, 0) is 31.5 Å². The van der Waals surface area contributed by atoms with Crippen molar-refractivity contribution in [3.63, 3.8) is 0 Å². The lowest BCUT2D eigenvalue weighted by Gasteiger charge is -2.12. The molecular weight excluding hydrogens is 314 g/mol. The first-order valence-corrected chi connectivity index (χ1v) is 7.18. The summed E-state index contributed by atoms with van der Waals surface area (Å²) in [5.74, 6) is -2.09. The minimum atomic E-state index is -1.02. The van der Waals surface area contributed by atoms with E-state index in [2.05, 4.69) is 15.6 Å². The van der Waals surface area contributed by atoms with Crippen LogP contribution in [0.4, 0.5) is 5.69 Å². The van der Waals surface area contributed by atoms with Crippen LogP contribution >= 0.6 is 0 Å². The van der Waals surface area contributed by atoms with Crippen molar-refractivity contribution >= 4 is 29.4 Å². The number of amides is 2. The Morgan fingerprint density at radius 1 is 1.29 bits per heavy atom. The van der Waals surface area contributed by atoms with E-state index < -0.39 is 23.8 Å². The summed E-state index contributed by atoms with van der Waals surface area (Å²) in [5.41, 5.74) is 12.2. The van der Waals surface area contributed by atoms with E-state index in [0.717, 1.165) is 5.56 Å². The number of carboxylic acids is 1. The summed E-state index contributed by atoms with van der Waals surface area (Å²) in [6.45, 7) is 3.09. The van der Waals surface area contributed by atoms with Crippen molar-refractivity contribution in [2.75, 3.05) is 6.54 Å². The Hall–Kier alpha value is -3.10. The fourth-order valence-corrected chi connectivity index (χ4v) is 1.91. The molecule has 9 heteroatoms. The quantitative estimate of drug-likeness (QED) is 0.337. The van der Waals surface area contributed by atoms with Gasteiger partial charge in [0.15, 0.2) is 5.96 Å². The second-order valence-corrected chi connectivity index (χ2v) is 5.29. The molecule has 1 atom stereocenters. The average Bonchev–Trinajstić information content (AvgIpc) is 2.45. The van der Waals surface area contributed by atoms with Gasteiger partial charge in [-0.25, -0.2) is 4.99 Å². The molecule has 0 saturated carbocycles. The Kier molecular flexibility index (Phi) is 6.72. The van der Waals surface area contributed by atoms with Gasteiger partial charge in [-0.15, -0.1) is 0 Å². The number of rotatable bonds is 7. The third-order valence-corrected chi connectivity index (χ3v) is 3.02. The van der Waals surface area contributed by atoms with E-state index in [1.807, 2.05) is 0 Å². The molecular formula is C15H21N5O4. The Morgan fingerprint density at radius 3 is 2.54 bits per heavy atom. The van der Waals surface area contributed by atoms with Gasteiger partial charge in [-0.1, -0.05) is 6.07 Å². The van der Waals surface area contributed by atoms with Crippen LogP contribution in [0, 0.1) is 6.92 Å². The van der Waals surface area contributed by atoms with E-state index >= 15 is 0 Å². The van der Waals surface area contributed by atoms with Gasteiger partial charge < -0.3 is 27.2 Å². The van der Waals surface area contributed by atoms with Crippen LogP contribution in [0.3, 0.4) is 0 Å². The van der Waals surface area contributed by atoms with Gasteiger partial charge in [-0.3, -0.25) is 14.4 Å². The summed E-state index contributed by atoms with van der Waals surface area (Å²) in [4.78, 5) is 38.2. The molecule has 24 heavy (non-hydrogen) atoms. The number of carbonyl (C=O) groups is 3. The molecule has 0 heterocycles. The van der Waals surface area contributed by atoms with Crippen molar-refractivity contribution in [2.45, 2.75) is 26.3 Å². The van der Waals surface area contributed by atoms with E-state index in [9.17, 15) is 14.4 Å². The van der Waals surface area contributed by atoms with Crippen LogP contribution in [-0.4, -0.2) is 41.4 Å². The molecule has 1 rings (SSSR count). The summed E-state index contributed by atoms with van der Waals surface area (Å²) in [6, 6.07) is 4.25. The van der Waals surface area contributed by atoms with Crippen LogP contribution < -0.4 is 22.1 Å². The lowest BCUT2D eigenvalue weighted by molar-refractivity contribution is -0.137. The SMILES string of the molecule is Cc1ccc(C(=O)NCC(=O)NC(C)CC(=O)O)cc1N=C(N)N. The van der Waals surface area contributed by atoms with Crippen molar-refractivity contribution in [1.82, 2.24) is 10.6 Å². The van der Waals surface area contributed by atoms with Crippen LogP contribution in [-0.2, 0) is 9.59 Å². The van der Waals surface area contributed by atoms with Gasteiger partial charge in [0.1, 0.15) is 0 Å². The predicted molar refractivity (Wildman–Crippen MR) is 88.8 cm³/mol. The smallest absolute Gasteiger partial charge is 0.305 e. The molecule has 9 nitrogen and oxygen atoms in total. The number of guanidine groups is 1. The Bertz CT molecular complexity index is 668. The third-order valence-electron chi connectivity index (χ3n) is 3.02. The number of aliphatic imine (C=N–C) groups is 1. The Morgan fingerprint density at radius 2 is 1.96 bits per heavy atom. The lowest BCUT2D eigenvalue weighted by Crippen LogP contribution is -2.41. The van der Waals surface area contributed by atoms with Gasteiger partial charge in [-0.2, -0.15) is 0 Å². The zero-order valence-electron chi connectivity index (χ0n) is 13.5. The zero-order chi connectivity index (χ0) is 18.3. The van der Waals surface area contributed by atoms with E-state index in [-0.39, 0.29) is 18.9 Å². The van der Waals surface area contributed by atoms with Crippen LogP contribution in [0.5, 0.6) is 0 Å². The summed E-state index contributed by atoms with van der Waals surface area (Å²) in [6.07, 6.45) is -0.195. The van der Waals surface area contributed by atoms with Crippen LogP contribution in [0.25, 0.3) is 0 Å². The number of nitrogens with zero attached hydrogens (tertiary/aromatic N) is 1. The van der Waals surface area contributed by atoms with Crippen LogP contribution in [0.2, 0.25) is 0 Å². The number of hydrogen-bond donors (Lipinski definition) is 5. The van der Waals surface area contributed by atoms with Gasteiger partial charge in [0.05, 0.1) is 18.7 Å². The number of carbonyl (C=O) groups excluding carboxylic acids is 2. The number of aliphatic carboxylic acids is 1. The molecule has 1 unspecified atom stereocenters. The number of nitrogens with one attached hydrogen (secondary N) is 2. The first-order chi connectivity index (χ1) is 11.2. The maximum absolute atomic E-state index is 12.1. The molecule has 0 aliphatic rings. The summed E-state index contributed by atoms with van der Waals surface area (Å²) >= 11 is 0. The maximum Gasteiger partial charge on any atom is 0.305 e. The van der Waals surface area contributed by atoms with E-state index in [1.54, 1.807) is 26.0 Å². The Balaban J connectivity index is 2.64. The number of aryl methyl sites for hydroxylation is 1. The van der Waals surface area contributed by atoms with Crippen LogP contribution in [0.1, 0.15) is 29.3 Å². The van der Waals surface area contributed by atoms with Gasteiger partial charge in [0.25, 0.3) is 5.91 Å². The molecule has 0 aromatic heterocycles. The Labute approximate surface area is 139 Å². The van der Waals surface area contributed by atoms with Gasteiger partial charge in [0.2, 0.25) is 5.91 Å². The molecule has 0 bridgehead atoms. The fraction of sp³-hybridized carbons (Fsp3) is 0.333. The van der Waals surface area contributed by atoms with Crippen molar-refractivity contribution in [1.29, 1.82) is 0 Å². The third kappa shape index (κ3) is 6.34. The second-order valence-electron chi connectivity index (χ2n) is 5.29. The van der Waals surface area contributed by atoms with Crippen molar-refractivity contribution in [3.05, 3.63) is 29.3 Å². The van der Waals surface area contributed by atoms with Gasteiger partial charge >= 0.3 is 5.97 Å². The summed E-state index contributed by atoms with van der Waals surface area (Å²) in [7, 11) is 0. The van der Waals surface area contributed by atoms with E-state index in [4.69, 9.17) is 16.6 Å². The molecule has 0 fully saturated rings. The van der Waals surface area contributed by atoms with E-state index in [0.29, 0.717) is 11.3 Å². The standard InChI is InChI=1S/C15H21N5O4/c1-8-3-4-10(6-11(8)20-15(16)17)14(24)18-7-12(21)19-9(2)5-13(22)23/h3-4,6,9H,5,7H2,1-2H3,(H,18,24)(H,19,21)(H,22,23)(H4,16,17,20). The second kappa shape index (κ2) is 8.51. The predicted octanol–water partition coefficient (Wildman–Crippen LogP) is -0.391. The topological polar surface area (TPSA) is 160 Å². The molecule has 0 aliphatic carbocycles. The molecule has 2 amide bonds. The monoisotopic (exact) mass is 335 g/mol. The summed E-state index contributed by atoms with van der Waals surface area (Å²) in [5, 5.41) is 13.5. The normalized spacial score (nSPS) is 11.2. The van der Waals surface area contributed by atoms with Crippen molar-refractivity contribution in [3.8, 4) is 0 Å². The fourth-order valence-electron chi connectivity index (χ4n) is 1.91. The largest absolute Gasteiger partial charge is 0.481 e. The number of hydrogen-bond acceptors (Lipinski definition) is 4. The van der Waals surface area contributed by atoms with Crippen molar-refractivity contribution < 1.29 is 19.5 Å². The highest BCUT2D eigenvalue weighted by Gasteiger charge is 2.13. The highest BCUT2D eigenvalue weighted by atomic mass is 16.4. The molecule has 0 aliphatic heterocycles. The first kappa shape index (κ1) is 18.9. The highest BCUT2D eigenvalue weighted by molar-refractivity contribution is 5.97. The van der Waals surface area contributed by atoms with Crippen LogP contribution in [0.15, 0.2) is 23.2 Å². The molecule has 0 saturated heterocycles. The minimum absolute atomic E-state index is 0.123. The zero-order valence-corrected chi connectivity index (χ0v) is 13.5.